The third-order valence-electron chi connectivity index (χ3n) is 4.25. The molecule has 0 heterocycles. The molecular weight excluding hydrogens is 230 g/mol. The second kappa shape index (κ2) is 7.09. The van der Waals surface area contributed by atoms with Gasteiger partial charge in [0.25, 0.3) is 0 Å². The van der Waals surface area contributed by atoms with Gasteiger partial charge in [-0.05, 0) is 67.3 Å². The molecular formula is C18H29N. The molecule has 1 nitrogen and oxygen atoms in total. The van der Waals surface area contributed by atoms with E-state index in [4.69, 9.17) is 0 Å². The normalized spacial score (nSPS) is 15.8. The summed E-state index contributed by atoms with van der Waals surface area (Å²) in [6, 6.07) is 7.19. The number of hydrogen-bond acceptors (Lipinski definition) is 1. The Hall–Kier alpha value is -0.820. The van der Waals surface area contributed by atoms with E-state index in [2.05, 4.69) is 44.3 Å². The van der Waals surface area contributed by atoms with Crippen molar-refractivity contribution in [1.29, 1.82) is 0 Å². The van der Waals surface area contributed by atoms with E-state index in [1.165, 1.54) is 32.1 Å². The van der Waals surface area contributed by atoms with Gasteiger partial charge in [-0.15, -0.1) is 0 Å². The molecule has 0 amide bonds. The van der Waals surface area contributed by atoms with E-state index in [1.807, 2.05) is 0 Å². The monoisotopic (exact) mass is 259 g/mol. The van der Waals surface area contributed by atoms with Crippen molar-refractivity contribution in [2.24, 2.45) is 11.8 Å². The molecule has 1 heteroatoms. The van der Waals surface area contributed by atoms with Gasteiger partial charge in [0.2, 0.25) is 0 Å². The first kappa shape index (κ1) is 14.6. The van der Waals surface area contributed by atoms with Gasteiger partial charge in [0, 0.05) is 0 Å². The van der Waals surface area contributed by atoms with Crippen LogP contribution in [0.5, 0.6) is 0 Å². The molecule has 0 fully saturated rings. The molecule has 1 aliphatic carbocycles. The predicted molar refractivity (Wildman–Crippen MR) is 83.7 cm³/mol. The molecule has 0 spiro atoms. The molecule has 0 saturated heterocycles. The summed E-state index contributed by atoms with van der Waals surface area (Å²) in [6.45, 7) is 9.16. The van der Waals surface area contributed by atoms with Crippen LogP contribution < -0.4 is 5.32 Å². The molecule has 0 saturated carbocycles. The zero-order valence-corrected chi connectivity index (χ0v) is 12.8. The minimum Gasteiger partial charge on any atom is -0.316 e. The van der Waals surface area contributed by atoms with Gasteiger partial charge in [-0.2, -0.15) is 0 Å². The molecule has 0 radical (unpaired) electrons. The summed E-state index contributed by atoms with van der Waals surface area (Å²) in [5.74, 6) is 1.52. The summed E-state index contributed by atoms with van der Waals surface area (Å²) in [5.41, 5.74) is 4.75. The van der Waals surface area contributed by atoms with Gasteiger partial charge >= 0.3 is 0 Å². The molecule has 1 aliphatic rings. The van der Waals surface area contributed by atoms with Crippen LogP contribution in [-0.4, -0.2) is 13.1 Å². The minimum absolute atomic E-state index is 0.748. The maximum Gasteiger partial charge on any atom is -0.00173 e. The second-order valence-electron chi connectivity index (χ2n) is 6.49. The molecule has 0 aromatic heterocycles. The third-order valence-corrected chi connectivity index (χ3v) is 4.25. The molecule has 1 unspecified atom stereocenters. The van der Waals surface area contributed by atoms with E-state index >= 15 is 0 Å². The fourth-order valence-corrected chi connectivity index (χ4v) is 3.02. The Bertz CT molecular complexity index is 395. The van der Waals surface area contributed by atoms with Crippen LogP contribution in [0.2, 0.25) is 0 Å². The third kappa shape index (κ3) is 4.35. The zero-order chi connectivity index (χ0) is 13.7. The maximum absolute atomic E-state index is 3.61. The summed E-state index contributed by atoms with van der Waals surface area (Å²) in [6.07, 6.45) is 6.44. The second-order valence-corrected chi connectivity index (χ2v) is 6.49. The Morgan fingerprint density at radius 1 is 1.11 bits per heavy atom. The average molecular weight is 259 g/mol. The number of nitrogens with one attached hydrogen (secondary N) is 1. The van der Waals surface area contributed by atoms with Crippen molar-refractivity contribution in [1.82, 2.24) is 5.32 Å². The van der Waals surface area contributed by atoms with Gasteiger partial charge in [-0.1, -0.05) is 45.4 Å². The highest BCUT2D eigenvalue weighted by atomic mass is 14.9. The van der Waals surface area contributed by atoms with Crippen LogP contribution in [0.1, 0.15) is 50.3 Å². The standard InChI is InChI=1S/C18H29N/c1-4-15(13-19-12-14(2)3)10-16-8-9-17-6-5-7-18(17)11-16/h8-9,11,14-15,19H,4-7,10,12-13H2,1-3H3. The highest BCUT2D eigenvalue weighted by molar-refractivity contribution is 5.35. The first-order valence-electron chi connectivity index (χ1n) is 8.00. The highest BCUT2D eigenvalue weighted by Crippen LogP contribution is 2.24. The number of fused-ring (bicyclic) bond motifs is 1. The Balaban J connectivity index is 1.87. The van der Waals surface area contributed by atoms with E-state index in [0.717, 1.165) is 24.9 Å². The summed E-state index contributed by atoms with van der Waals surface area (Å²) in [4.78, 5) is 0. The van der Waals surface area contributed by atoms with Crippen LogP contribution in [0.3, 0.4) is 0 Å². The lowest BCUT2D eigenvalue weighted by atomic mass is 9.94. The van der Waals surface area contributed by atoms with Gasteiger partial charge in [0.1, 0.15) is 0 Å². The summed E-state index contributed by atoms with van der Waals surface area (Å²) in [5, 5.41) is 3.61. The van der Waals surface area contributed by atoms with E-state index in [9.17, 15) is 0 Å². The van der Waals surface area contributed by atoms with Crippen molar-refractivity contribution < 1.29 is 0 Å². The molecule has 1 aromatic rings. The predicted octanol–water partition coefficient (Wildman–Crippen LogP) is 3.99. The molecule has 2 rings (SSSR count). The van der Waals surface area contributed by atoms with Gasteiger partial charge in [0.15, 0.2) is 0 Å². The lowest BCUT2D eigenvalue weighted by Crippen LogP contribution is -2.27. The van der Waals surface area contributed by atoms with E-state index in [1.54, 1.807) is 16.7 Å². The van der Waals surface area contributed by atoms with E-state index < -0.39 is 0 Å². The maximum atomic E-state index is 3.61. The van der Waals surface area contributed by atoms with Gasteiger partial charge in [0.05, 0.1) is 0 Å². The number of aryl methyl sites for hydroxylation is 2. The van der Waals surface area contributed by atoms with Crippen LogP contribution in [0.4, 0.5) is 0 Å². The average Bonchev–Trinajstić information content (AvgIpc) is 2.84. The van der Waals surface area contributed by atoms with Crippen molar-refractivity contribution in [3.8, 4) is 0 Å². The van der Waals surface area contributed by atoms with Crippen LogP contribution in [0.25, 0.3) is 0 Å². The fraction of sp³-hybridized carbons (Fsp3) is 0.667. The van der Waals surface area contributed by atoms with Crippen LogP contribution >= 0.6 is 0 Å². The first-order chi connectivity index (χ1) is 9.19. The Labute approximate surface area is 118 Å². The molecule has 19 heavy (non-hydrogen) atoms. The van der Waals surface area contributed by atoms with Crippen molar-refractivity contribution in [3.63, 3.8) is 0 Å². The molecule has 1 aromatic carbocycles. The largest absolute Gasteiger partial charge is 0.316 e. The molecule has 0 bridgehead atoms. The van der Waals surface area contributed by atoms with Crippen LogP contribution in [0, 0.1) is 11.8 Å². The van der Waals surface area contributed by atoms with E-state index in [-0.39, 0.29) is 0 Å². The molecule has 0 aliphatic heterocycles. The van der Waals surface area contributed by atoms with E-state index in [0.29, 0.717) is 0 Å². The van der Waals surface area contributed by atoms with Crippen molar-refractivity contribution in [3.05, 3.63) is 34.9 Å². The smallest absolute Gasteiger partial charge is 0.00173 e. The van der Waals surface area contributed by atoms with Crippen molar-refractivity contribution in [2.75, 3.05) is 13.1 Å². The van der Waals surface area contributed by atoms with Crippen molar-refractivity contribution in [2.45, 2.75) is 52.9 Å². The minimum atomic E-state index is 0.748. The quantitative estimate of drug-likeness (QED) is 0.780. The number of rotatable bonds is 7. The molecule has 1 N–H and O–H groups in total. The summed E-state index contributed by atoms with van der Waals surface area (Å²) < 4.78 is 0. The lowest BCUT2D eigenvalue weighted by Gasteiger charge is -2.17. The Kier molecular flexibility index (Phi) is 5.45. The fourth-order valence-electron chi connectivity index (χ4n) is 3.02. The van der Waals surface area contributed by atoms with Crippen LogP contribution in [0.15, 0.2) is 18.2 Å². The molecule has 1 atom stereocenters. The summed E-state index contributed by atoms with van der Waals surface area (Å²) in [7, 11) is 0. The zero-order valence-electron chi connectivity index (χ0n) is 12.8. The number of benzene rings is 1. The first-order valence-corrected chi connectivity index (χ1v) is 8.00. The number of hydrogen-bond donors (Lipinski definition) is 1. The molecule has 106 valence electrons. The summed E-state index contributed by atoms with van der Waals surface area (Å²) >= 11 is 0. The van der Waals surface area contributed by atoms with Crippen LogP contribution in [-0.2, 0) is 19.3 Å². The highest BCUT2D eigenvalue weighted by Gasteiger charge is 2.13. The Morgan fingerprint density at radius 3 is 2.63 bits per heavy atom. The Morgan fingerprint density at radius 2 is 1.89 bits per heavy atom. The van der Waals surface area contributed by atoms with Crippen molar-refractivity contribution >= 4 is 0 Å². The topological polar surface area (TPSA) is 12.0 Å². The lowest BCUT2D eigenvalue weighted by molar-refractivity contribution is 0.437. The van der Waals surface area contributed by atoms with Gasteiger partial charge in [-0.25, -0.2) is 0 Å². The SMILES string of the molecule is CCC(CNCC(C)C)Cc1ccc2c(c1)CCC2. The van der Waals surface area contributed by atoms with Gasteiger partial charge < -0.3 is 5.32 Å². The van der Waals surface area contributed by atoms with Gasteiger partial charge in [-0.3, -0.25) is 0 Å².